The number of fused-ring (bicyclic) bond motifs is 1. The molecule has 0 aliphatic rings. The van der Waals surface area contributed by atoms with Gasteiger partial charge in [0.25, 0.3) is 0 Å². The van der Waals surface area contributed by atoms with Gasteiger partial charge in [0, 0.05) is 17.1 Å². The van der Waals surface area contributed by atoms with Gasteiger partial charge >= 0.3 is 0 Å². The van der Waals surface area contributed by atoms with Crippen LogP contribution in [0.4, 0.5) is 0 Å². The maximum atomic E-state index is 4.15. The first kappa shape index (κ1) is 8.23. The van der Waals surface area contributed by atoms with Crippen LogP contribution < -0.4 is 0 Å². The Balaban J connectivity index is 2.39. The monoisotopic (exact) mass is 198 g/mol. The molecule has 0 saturated heterocycles. The lowest BCUT2D eigenvalue weighted by atomic mass is 10.1. The molecule has 0 fully saturated rings. The van der Waals surface area contributed by atoms with E-state index in [1.807, 2.05) is 18.3 Å². The highest BCUT2D eigenvalue weighted by molar-refractivity contribution is 5.90. The fraction of sp³-hybridized carbons (Fsp3) is 0.0909. The molecule has 0 aliphatic carbocycles. The minimum absolute atomic E-state index is 1.06. The highest BCUT2D eigenvalue weighted by Gasteiger charge is 2.06. The minimum Gasteiger partial charge on any atom is -0.361 e. The van der Waals surface area contributed by atoms with E-state index in [-0.39, 0.29) is 0 Å². The second kappa shape index (κ2) is 2.95. The molecule has 15 heavy (non-hydrogen) atoms. The van der Waals surface area contributed by atoms with E-state index in [0.717, 1.165) is 11.2 Å². The first-order chi connectivity index (χ1) is 7.36. The van der Waals surface area contributed by atoms with Crippen LogP contribution >= 0.6 is 0 Å². The molecular formula is C11H10N4. The maximum absolute atomic E-state index is 4.15. The molecule has 74 valence electrons. The van der Waals surface area contributed by atoms with Gasteiger partial charge in [0.2, 0.25) is 0 Å². The Kier molecular flexibility index (Phi) is 1.62. The number of aromatic amines is 1. The van der Waals surface area contributed by atoms with E-state index in [0.29, 0.717) is 0 Å². The van der Waals surface area contributed by atoms with E-state index < -0.39 is 0 Å². The quantitative estimate of drug-likeness (QED) is 0.650. The third-order valence-electron chi connectivity index (χ3n) is 2.55. The third kappa shape index (κ3) is 1.15. The molecular weight excluding hydrogens is 188 g/mol. The summed E-state index contributed by atoms with van der Waals surface area (Å²) >= 11 is 0. The first-order valence-corrected chi connectivity index (χ1v) is 4.78. The average molecular weight is 198 g/mol. The molecule has 0 aliphatic heterocycles. The lowest BCUT2D eigenvalue weighted by Crippen LogP contribution is -1.94. The zero-order chi connectivity index (χ0) is 10.3. The van der Waals surface area contributed by atoms with Crippen molar-refractivity contribution in [3.05, 3.63) is 42.6 Å². The molecule has 0 saturated carbocycles. The summed E-state index contributed by atoms with van der Waals surface area (Å²) in [5.41, 5.74) is 3.40. The second-order valence-corrected chi connectivity index (χ2v) is 3.51. The smallest absolute Gasteiger partial charge is 0.138 e. The number of nitrogens with one attached hydrogen (secondary N) is 1. The molecule has 0 spiro atoms. The molecule has 3 rings (SSSR count). The molecule has 1 aromatic carbocycles. The van der Waals surface area contributed by atoms with Gasteiger partial charge < -0.3 is 4.98 Å². The summed E-state index contributed by atoms with van der Waals surface area (Å²) < 4.78 is 1.78. The van der Waals surface area contributed by atoms with Crippen molar-refractivity contribution < 1.29 is 0 Å². The van der Waals surface area contributed by atoms with E-state index in [4.69, 9.17) is 0 Å². The van der Waals surface area contributed by atoms with E-state index in [9.17, 15) is 0 Å². The first-order valence-electron chi connectivity index (χ1n) is 4.78. The molecule has 0 atom stereocenters. The summed E-state index contributed by atoms with van der Waals surface area (Å²) in [6, 6.07) is 6.11. The lowest BCUT2D eigenvalue weighted by molar-refractivity contribution is 0.886. The predicted molar refractivity (Wildman–Crippen MR) is 58.0 cm³/mol. The van der Waals surface area contributed by atoms with Crippen LogP contribution in [0.1, 0.15) is 5.56 Å². The molecule has 0 unspecified atom stereocenters. The van der Waals surface area contributed by atoms with Gasteiger partial charge in [0.05, 0.1) is 5.69 Å². The summed E-state index contributed by atoms with van der Waals surface area (Å²) in [7, 11) is 0. The molecule has 0 bridgehead atoms. The average Bonchev–Trinajstić information content (AvgIpc) is 2.88. The summed E-state index contributed by atoms with van der Waals surface area (Å²) in [5.74, 6) is 0. The summed E-state index contributed by atoms with van der Waals surface area (Å²) in [4.78, 5) is 7.19. The minimum atomic E-state index is 1.06. The third-order valence-corrected chi connectivity index (χ3v) is 2.55. The maximum Gasteiger partial charge on any atom is 0.138 e. The van der Waals surface area contributed by atoms with E-state index >= 15 is 0 Å². The number of aryl methyl sites for hydroxylation is 1. The van der Waals surface area contributed by atoms with Gasteiger partial charge in [-0.05, 0) is 24.6 Å². The summed E-state index contributed by atoms with van der Waals surface area (Å²) in [6.45, 7) is 2.08. The van der Waals surface area contributed by atoms with Gasteiger partial charge in [-0.3, -0.25) is 0 Å². The van der Waals surface area contributed by atoms with Crippen molar-refractivity contribution in [3.63, 3.8) is 0 Å². The van der Waals surface area contributed by atoms with Crippen molar-refractivity contribution in [2.45, 2.75) is 6.92 Å². The number of nitrogens with zero attached hydrogens (tertiary/aromatic N) is 3. The van der Waals surface area contributed by atoms with Gasteiger partial charge in [-0.1, -0.05) is 6.07 Å². The van der Waals surface area contributed by atoms with Crippen LogP contribution in [-0.2, 0) is 0 Å². The van der Waals surface area contributed by atoms with Crippen molar-refractivity contribution in [3.8, 4) is 5.69 Å². The largest absolute Gasteiger partial charge is 0.361 e. The highest BCUT2D eigenvalue weighted by atomic mass is 15.3. The topological polar surface area (TPSA) is 46.5 Å². The predicted octanol–water partition coefficient (Wildman–Crippen LogP) is 2.06. The number of H-pyrrole nitrogens is 1. The van der Waals surface area contributed by atoms with Crippen molar-refractivity contribution >= 4 is 10.9 Å². The highest BCUT2D eigenvalue weighted by Crippen LogP contribution is 2.24. The van der Waals surface area contributed by atoms with Gasteiger partial charge in [-0.2, -0.15) is 5.10 Å². The van der Waals surface area contributed by atoms with Gasteiger partial charge in [0.15, 0.2) is 0 Å². The van der Waals surface area contributed by atoms with Gasteiger partial charge in [-0.15, -0.1) is 0 Å². The second-order valence-electron chi connectivity index (χ2n) is 3.51. The standard InChI is InChI=1S/C11H10N4/c1-8-5-13-9-3-2-4-10(11(8)9)15-7-12-6-14-15/h2-7,13H,1H3. The van der Waals surface area contributed by atoms with Gasteiger partial charge in [-0.25, -0.2) is 9.67 Å². The zero-order valence-corrected chi connectivity index (χ0v) is 8.31. The van der Waals surface area contributed by atoms with E-state index in [1.165, 1.54) is 10.9 Å². The normalized spacial score (nSPS) is 11.0. The number of rotatable bonds is 1. The fourth-order valence-electron chi connectivity index (χ4n) is 1.86. The Bertz CT molecular complexity index is 592. The zero-order valence-electron chi connectivity index (χ0n) is 8.31. The van der Waals surface area contributed by atoms with Gasteiger partial charge in [0.1, 0.15) is 12.7 Å². The Morgan fingerprint density at radius 2 is 2.27 bits per heavy atom. The fourth-order valence-corrected chi connectivity index (χ4v) is 1.86. The number of hydrogen-bond donors (Lipinski definition) is 1. The molecule has 0 amide bonds. The molecule has 3 aromatic rings. The van der Waals surface area contributed by atoms with Crippen molar-refractivity contribution in [1.82, 2.24) is 19.7 Å². The van der Waals surface area contributed by atoms with Crippen LogP contribution in [0.3, 0.4) is 0 Å². The van der Waals surface area contributed by atoms with Crippen LogP contribution in [0.15, 0.2) is 37.1 Å². The number of aromatic nitrogens is 4. The molecule has 2 aromatic heterocycles. The number of hydrogen-bond acceptors (Lipinski definition) is 2. The Morgan fingerprint density at radius 3 is 3.07 bits per heavy atom. The van der Waals surface area contributed by atoms with Crippen LogP contribution in [-0.4, -0.2) is 19.7 Å². The van der Waals surface area contributed by atoms with Crippen LogP contribution in [0, 0.1) is 6.92 Å². The lowest BCUT2D eigenvalue weighted by Gasteiger charge is -2.02. The molecule has 2 heterocycles. The molecule has 4 heteroatoms. The van der Waals surface area contributed by atoms with Crippen molar-refractivity contribution in [2.75, 3.05) is 0 Å². The van der Waals surface area contributed by atoms with Crippen molar-refractivity contribution in [2.24, 2.45) is 0 Å². The van der Waals surface area contributed by atoms with Crippen molar-refractivity contribution in [1.29, 1.82) is 0 Å². The number of benzene rings is 1. The summed E-state index contributed by atoms with van der Waals surface area (Å²) in [5, 5.41) is 5.35. The van der Waals surface area contributed by atoms with Crippen LogP contribution in [0.2, 0.25) is 0 Å². The SMILES string of the molecule is Cc1c[nH]c2cccc(-n3cncn3)c12. The Morgan fingerprint density at radius 1 is 1.33 bits per heavy atom. The van der Waals surface area contributed by atoms with Crippen LogP contribution in [0.5, 0.6) is 0 Å². The van der Waals surface area contributed by atoms with E-state index in [2.05, 4.69) is 28.1 Å². The Hall–Kier alpha value is -2.10. The molecule has 4 nitrogen and oxygen atoms in total. The molecule has 0 radical (unpaired) electrons. The van der Waals surface area contributed by atoms with E-state index in [1.54, 1.807) is 17.3 Å². The molecule has 1 N–H and O–H groups in total. The summed E-state index contributed by atoms with van der Waals surface area (Å²) in [6.07, 6.45) is 5.26. The van der Waals surface area contributed by atoms with Crippen LogP contribution in [0.25, 0.3) is 16.6 Å². The Labute approximate surface area is 86.6 Å².